The maximum absolute atomic E-state index is 11.0. The highest BCUT2D eigenvalue weighted by Crippen LogP contribution is 2.24. The number of anilines is 2. The Morgan fingerprint density at radius 3 is 2.68 bits per heavy atom. The van der Waals surface area contributed by atoms with Crippen LogP contribution in [0.2, 0.25) is 10.0 Å². The molecule has 0 fully saturated rings. The second kappa shape index (κ2) is 8.45. The monoisotopic (exact) mass is 384 g/mol. The molecule has 1 amide bonds. The number of nitro groups is 1. The fourth-order valence-electron chi connectivity index (χ4n) is 1.86. The van der Waals surface area contributed by atoms with Crippen LogP contribution in [0.1, 0.15) is 12.0 Å². The SMILES string of the molecule is NC(=O)CCNc1nc(NCc2ccc(Cl)c(Cl)c2)ncc1[N+](=O)[O-]. The first kappa shape index (κ1) is 18.7. The highest BCUT2D eigenvalue weighted by molar-refractivity contribution is 6.42. The average molecular weight is 385 g/mol. The maximum atomic E-state index is 11.0. The fourth-order valence-corrected chi connectivity index (χ4v) is 2.18. The minimum atomic E-state index is -0.616. The summed E-state index contributed by atoms with van der Waals surface area (Å²) < 4.78 is 0. The van der Waals surface area contributed by atoms with Gasteiger partial charge in [-0.3, -0.25) is 14.9 Å². The lowest BCUT2D eigenvalue weighted by Gasteiger charge is -2.09. The summed E-state index contributed by atoms with van der Waals surface area (Å²) in [4.78, 5) is 29.1. The van der Waals surface area contributed by atoms with E-state index >= 15 is 0 Å². The van der Waals surface area contributed by atoms with Crippen LogP contribution in [0, 0.1) is 10.1 Å². The molecule has 0 bridgehead atoms. The van der Waals surface area contributed by atoms with Crippen LogP contribution in [0.3, 0.4) is 0 Å². The first-order valence-electron chi connectivity index (χ1n) is 7.08. The number of nitrogens with one attached hydrogen (secondary N) is 2. The molecule has 1 aromatic carbocycles. The molecule has 132 valence electrons. The Morgan fingerprint density at radius 1 is 1.28 bits per heavy atom. The Balaban J connectivity index is 2.10. The predicted octanol–water partition coefficient (Wildman–Crippen LogP) is 2.59. The highest BCUT2D eigenvalue weighted by Gasteiger charge is 2.17. The van der Waals surface area contributed by atoms with E-state index < -0.39 is 10.8 Å². The predicted molar refractivity (Wildman–Crippen MR) is 94.8 cm³/mol. The van der Waals surface area contributed by atoms with Crippen LogP contribution < -0.4 is 16.4 Å². The lowest BCUT2D eigenvalue weighted by Crippen LogP contribution is -2.17. The Morgan fingerprint density at radius 2 is 2.04 bits per heavy atom. The molecule has 0 aliphatic heterocycles. The summed E-state index contributed by atoms with van der Waals surface area (Å²) in [6.45, 7) is 0.467. The van der Waals surface area contributed by atoms with Gasteiger partial charge < -0.3 is 16.4 Å². The summed E-state index contributed by atoms with van der Waals surface area (Å²) in [5, 5.41) is 17.5. The summed E-state index contributed by atoms with van der Waals surface area (Å²) in [6, 6.07) is 5.13. The lowest BCUT2D eigenvalue weighted by molar-refractivity contribution is -0.384. The van der Waals surface area contributed by atoms with Gasteiger partial charge in [0.2, 0.25) is 17.7 Å². The number of hydrogen-bond acceptors (Lipinski definition) is 7. The van der Waals surface area contributed by atoms with Crippen molar-refractivity contribution in [2.24, 2.45) is 5.73 Å². The van der Waals surface area contributed by atoms with Crippen LogP contribution in [0.4, 0.5) is 17.5 Å². The van der Waals surface area contributed by atoms with Crippen molar-refractivity contribution in [3.8, 4) is 0 Å². The quantitative estimate of drug-likeness (QED) is 0.469. The van der Waals surface area contributed by atoms with E-state index in [9.17, 15) is 14.9 Å². The molecule has 25 heavy (non-hydrogen) atoms. The second-order valence-corrected chi connectivity index (χ2v) is 5.74. The van der Waals surface area contributed by atoms with Crippen molar-refractivity contribution in [1.82, 2.24) is 9.97 Å². The normalized spacial score (nSPS) is 10.3. The number of nitrogens with zero attached hydrogens (tertiary/aromatic N) is 3. The topological polar surface area (TPSA) is 136 Å². The summed E-state index contributed by atoms with van der Waals surface area (Å²) in [7, 11) is 0. The van der Waals surface area contributed by atoms with Gasteiger partial charge in [-0.1, -0.05) is 29.3 Å². The summed E-state index contributed by atoms with van der Waals surface area (Å²) in [5.41, 5.74) is 5.57. The van der Waals surface area contributed by atoms with E-state index in [1.807, 2.05) is 0 Å². The van der Waals surface area contributed by atoms with Gasteiger partial charge in [0, 0.05) is 19.5 Å². The molecular weight excluding hydrogens is 371 g/mol. The Hall–Kier alpha value is -2.65. The number of nitrogens with two attached hydrogens (primary N) is 1. The summed E-state index contributed by atoms with van der Waals surface area (Å²) in [6.07, 6.45) is 1.10. The molecule has 0 saturated heterocycles. The van der Waals surface area contributed by atoms with Crippen LogP contribution in [0.15, 0.2) is 24.4 Å². The standard InChI is InChI=1S/C14H14Cl2N6O3/c15-9-2-1-8(5-10(9)16)6-19-14-20-7-11(22(24)25)13(21-14)18-4-3-12(17)23/h1-2,5,7H,3-4,6H2,(H2,17,23)(H2,18,19,20,21). The smallest absolute Gasteiger partial charge is 0.329 e. The molecule has 0 saturated carbocycles. The first-order chi connectivity index (χ1) is 11.9. The molecule has 0 spiro atoms. The number of benzene rings is 1. The van der Waals surface area contributed by atoms with Crippen LogP contribution in [0.5, 0.6) is 0 Å². The van der Waals surface area contributed by atoms with E-state index in [0.29, 0.717) is 16.6 Å². The number of halogens is 2. The Labute approximate surface area is 152 Å². The molecule has 0 aliphatic rings. The van der Waals surface area contributed by atoms with E-state index in [4.69, 9.17) is 28.9 Å². The number of hydrogen-bond donors (Lipinski definition) is 3. The average Bonchev–Trinajstić information content (AvgIpc) is 2.55. The third-order valence-electron chi connectivity index (χ3n) is 3.06. The van der Waals surface area contributed by atoms with Gasteiger partial charge in [-0.25, -0.2) is 4.98 Å². The zero-order valence-corrected chi connectivity index (χ0v) is 14.3. The zero-order chi connectivity index (χ0) is 18.4. The van der Waals surface area contributed by atoms with Crippen molar-refractivity contribution >= 4 is 46.6 Å². The van der Waals surface area contributed by atoms with Crippen molar-refractivity contribution in [2.45, 2.75) is 13.0 Å². The van der Waals surface area contributed by atoms with Crippen molar-refractivity contribution in [1.29, 1.82) is 0 Å². The molecule has 2 rings (SSSR count). The number of amides is 1. The third-order valence-corrected chi connectivity index (χ3v) is 3.80. The molecule has 9 nitrogen and oxygen atoms in total. The van der Waals surface area contributed by atoms with Gasteiger partial charge in [-0.05, 0) is 17.7 Å². The molecule has 0 radical (unpaired) electrons. The Bertz CT molecular complexity index is 802. The third kappa shape index (κ3) is 5.44. The minimum absolute atomic E-state index is 0.00196. The van der Waals surface area contributed by atoms with Gasteiger partial charge in [-0.15, -0.1) is 0 Å². The van der Waals surface area contributed by atoms with Gasteiger partial charge in [0.05, 0.1) is 15.0 Å². The van der Waals surface area contributed by atoms with Crippen LogP contribution in [0.25, 0.3) is 0 Å². The summed E-state index contributed by atoms with van der Waals surface area (Å²) >= 11 is 11.8. The number of rotatable bonds is 8. The minimum Gasteiger partial charge on any atom is -0.370 e. The van der Waals surface area contributed by atoms with Crippen molar-refractivity contribution < 1.29 is 9.72 Å². The van der Waals surface area contributed by atoms with E-state index in [2.05, 4.69) is 20.6 Å². The van der Waals surface area contributed by atoms with Gasteiger partial charge in [-0.2, -0.15) is 4.98 Å². The molecule has 1 heterocycles. The molecule has 0 atom stereocenters. The van der Waals surface area contributed by atoms with Gasteiger partial charge >= 0.3 is 5.69 Å². The van der Waals surface area contributed by atoms with Gasteiger partial charge in [0.25, 0.3) is 0 Å². The molecular formula is C14H14Cl2N6O3. The fraction of sp³-hybridized carbons (Fsp3) is 0.214. The molecule has 4 N–H and O–H groups in total. The largest absolute Gasteiger partial charge is 0.370 e. The van der Waals surface area contributed by atoms with Crippen molar-refractivity contribution in [2.75, 3.05) is 17.2 Å². The number of carbonyl (C=O) groups is 1. The molecule has 1 aromatic heterocycles. The van der Waals surface area contributed by atoms with Crippen LogP contribution >= 0.6 is 23.2 Å². The zero-order valence-electron chi connectivity index (χ0n) is 12.8. The van der Waals surface area contributed by atoms with Crippen molar-refractivity contribution in [3.63, 3.8) is 0 Å². The second-order valence-electron chi connectivity index (χ2n) is 4.93. The van der Waals surface area contributed by atoms with E-state index in [1.165, 1.54) is 0 Å². The Kier molecular flexibility index (Phi) is 6.31. The van der Waals surface area contributed by atoms with E-state index in [0.717, 1.165) is 11.8 Å². The number of aromatic nitrogens is 2. The molecule has 11 heteroatoms. The van der Waals surface area contributed by atoms with E-state index in [1.54, 1.807) is 18.2 Å². The molecule has 2 aromatic rings. The van der Waals surface area contributed by atoms with Crippen LogP contribution in [-0.2, 0) is 11.3 Å². The van der Waals surface area contributed by atoms with Gasteiger partial charge in [0.1, 0.15) is 6.20 Å². The lowest BCUT2D eigenvalue weighted by atomic mass is 10.2. The highest BCUT2D eigenvalue weighted by atomic mass is 35.5. The van der Waals surface area contributed by atoms with Crippen LogP contribution in [-0.4, -0.2) is 27.3 Å². The number of primary amides is 1. The van der Waals surface area contributed by atoms with E-state index in [-0.39, 0.29) is 30.4 Å². The van der Waals surface area contributed by atoms with Gasteiger partial charge in [0.15, 0.2) is 0 Å². The van der Waals surface area contributed by atoms with Crippen molar-refractivity contribution in [3.05, 3.63) is 50.1 Å². The molecule has 0 aliphatic carbocycles. The first-order valence-corrected chi connectivity index (χ1v) is 7.84. The summed E-state index contributed by atoms with van der Waals surface area (Å²) in [5.74, 6) is -0.349. The molecule has 0 unspecified atom stereocenters. The maximum Gasteiger partial charge on any atom is 0.329 e. The number of carbonyl (C=O) groups excluding carboxylic acids is 1.